The SMILES string of the molecule is O=C(C[C@@H](c1ccco1)n1cccc1)N1CCCCCC1. The number of likely N-dealkylation sites (tertiary alicyclic amines) is 1. The second kappa shape index (κ2) is 6.66. The minimum absolute atomic E-state index is 0.0502. The second-order valence-electron chi connectivity index (χ2n) is 5.66. The third kappa shape index (κ3) is 3.38. The van der Waals surface area contributed by atoms with Crippen LogP contribution in [0.4, 0.5) is 0 Å². The van der Waals surface area contributed by atoms with Crippen molar-refractivity contribution in [3.05, 3.63) is 48.7 Å². The number of amides is 1. The summed E-state index contributed by atoms with van der Waals surface area (Å²) < 4.78 is 7.59. The van der Waals surface area contributed by atoms with Gasteiger partial charge in [-0.25, -0.2) is 0 Å². The standard InChI is InChI=1S/C17H22N2O2/c20-17(19-11-3-1-2-4-12-19)14-15(16-8-7-13-21-16)18-9-5-6-10-18/h5-10,13,15H,1-4,11-12,14H2/t15-/m0/s1. The van der Waals surface area contributed by atoms with Gasteiger partial charge in [-0.15, -0.1) is 0 Å². The van der Waals surface area contributed by atoms with Crippen LogP contribution in [-0.4, -0.2) is 28.5 Å². The Labute approximate surface area is 125 Å². The van der Waals surface area contributed by atoms with Crippen LogP contribution in [0, 0.1) is 0 Å². The first kappa shape index (κ1) is 14.0. The highest BCUT2D eigenvalue weighted by Crippen LogP contribution is 2.24. The summed E-state index contributed by atoms with van der Waals surface area (Å²) in [6, 6.07) is 7.73. The summed E-state index contributed by atoms with van der Waals surface area (Å²) in [5.74, 6) is 1.07. The number of furan rings is 1. The molecule has 1 aliphatic rings. The minimum Gasteiger partial charge on any atom is -0.467 e. The number of aromatic nitrogens is 1. The van der Waals surface area contributed by atoms with E-state index in [4.69, 9.17) is 4.42 Å². The Bertz CT molecular complexity index is 503. The van der Waals surface area contributed by atoms with E-state index in [1.165, 1.54) is 12.8 Å². The van der Waals surface area contributed by atoms with Gasteiger partial charge >= 0.3 is 0 Å². The Morgan fingerprint density at radius 1 is 1.10 bits per heavy atom. The number of carbonyl (C=O) groups excluding carboxylic acids is 1. The molecule has 0 unspecified atom stereocenters. The molecule has 112 valence electrons. The van der Waals surface area contributed by atoms with Crippen LogP contribution in [-0.2, 0) is 4.79 Å². The summed E-state index contributed by atoms with van der Waals surface area (Å²) in [4.78, 5) is 14.6. The monoisotopic (exact) mass is 286 g/mol. The fraction of sp³-hybridized carbons (Fsp3) is 0.471. The smallest absolute Gasteiger partial charge is 0.225 e. The highest BCUT2D eigenvalue weighted by molar-refractivity contribution is 5.77. The van der Waals surface area contributed by atoms with Gasteiger partial charge in [-0.1, -0.05) is 12.8 Å². The first-order chi connectivity index (χ1) is 10.3. The van der Waals surface area contributed by atoms with E-state index in [0.29, 0.717) is 6.42 Å². The van der Waals surface area contributed by atoms with Gasteiger partial charge < -0.3 is 13.9 Å². The fourth-order valence-corrected chi connectivity index (χ4v) is 3.00. The van der Waals surface area contributed by atoms with Gasteiger partial charge in [0.2, 0.25) is 5.91 Å². The summed E-state index contributed by atoms with van der Waals surface area (Å²) in [7, 11) is 0. The lowest BCUT2D eigenvalue weighted by molar-refractivity contribution is -0.131. The van der Waals surface area contributed by atoms with Crippen LogP contribution in [0.2, 0.25) is 0 Å². The van der Waals surface area contributed by atoms with Crippen molar-refractivity contribution in [1.29, 1.82) is 0 Å². The summed E-state index contributed by atoms with van der Waals surface area (Å²) in [5, 5.41) is 0. The quantitative estimate of drug-likeness (QED) is 0.863. The lowest BCUT2D eigenvalue weighted by atomic mass is 10.1. The molecular formula is C17H22N2O2. The summed E-state index contributed by atoms with van der Waals surface area (Å²) in [6.45, 7) is 1.80. The molecule has 0 radical (unpaired) electrons. The first-order valence-corrected chi connectivity index (χ1v) is 7.78. The Morgan fingerprint density at radius 3 is 2.43 bits per heavy atom. The van der Waals surface area contributed by atoms with Crippen molar-refractivity contribution >= 4 is 5.91 Å². The highest BCUT2D eigenvalue weighted by atomic mass is 16.3. The van der Waals surface area contributed by atoms with Crippen molar-refractivity contribution in [1.82, 2.24) is 9.47 Å². The molecule has 0 spiro atoms. The van der Waals surface area contributed by atoms with Crippen LogP contribution in [0.1, 0.15) is 43.9 Å². The van der Waals surface area contributed by atoms with E-state index in [1.54, 1.807) is 6.26 Å². The van der Waals surface area contributed by atoms with Crippen molar-refractivity contribution in [3.8, 4) is 0 Å². The summed E-state index contributed by atoms with van der Waals surface area (Å²) >= 11 is 0. The van der Waals surface area contributed by atoms with Crippen molar-refractivity contribution < 1.29 is 9.21 Å². The number of nitrogens with zero attached hydrogens (tertiary/aromatic N) is 2. The molecule has 0 saturated carbocycles. The molecule has 1 saturated heterocycles. The zero-order chi connectivity index (χ0) is 14.5. The largest absolute Gasteiger partial charge is 0.467 e. The lowest BCUT2D eigenvalue weighted by Crippen LogP contribution is -2.33. The predicted molar refractivity (Wildman–Crippen MR) is 80.9 cm³/mol. The maximum Gasteiger partial charge on any atom is 0.225 e. The molecule has 3 heterocycles. The molecule has 1 amide bonds. The van der Waals surface area contributed by atoms with Gasteiger partial charge in [-0.05, 0) is 37.1 Å². The molecule has 0 N–H and O–H groups in total. The van der Waals surface area contributed by atoms with E-state index >= 15 is 0 Å². The van der Waals surface area contributed by atoms with E-state index in [9.17, 15) is 4.79 Å². The maximum absolute atomic E-state index is 12.6. The van der Waals surface area contributed by atoms with Gasteiger partial charge in [-0.3, -0.25) is 4.79 Å². The minimum atomic E-state index is -0.0502. The van der Waals surface area contributed by atoms with Crippen molar-refractivity contribution in [2.24, 2.45) is 0 Å². The number of carbonyl (C=O) groups is 1. The number of hydrogen-bond donors (Lipinski definition) is 0. The number of hydrogen-bond acceptors (Lipinski definition) is 2. The normalized spacial score (nSPS) is 17.4. The molecule has 4 nitrogen and oxygen atoms in total. The van der Waals surface area contributed by atoms with E-state index in [-0.39, 0.29) is 11.9 Å². The molecule has 0 aromatic carbocycles. The third-order valence-corrected chi connectivity index (χ3v) is 4.19. The molecule has 1 fully saturated rings. The molecule has 3 rings (SSSR count). The van der Waals surface area contributed by atoms with Crippen LogP contribution < -0.4 is 0 Å². The Kier molecular flexibility index (Phi) is 4.43. The third-order valence-electron chi connectivity index (χ3n) is 4.19. The maximum atomic E-state index is 12.6. The second-order valence-corrected chi connectivity index (χ2v) is 5.66. The molecule has 0 aliphatic carbocycles. The van der Waals surface area contributed by atoms with Gasteiger partial charge in [0.05, 0.1) is 18.7 Å². The van der Waals surface area contributed by atoms with Gasteiger partial charge in [0.1, 0.15) is 5.76 Å². The van der Waals surface area contributed by atoms with E-state index in [1.807, 2.05) is 41.6 Å². The molecule has 4 heteroatoms. The van der Waals surface area contributed by atoms with Crippen molar-refractivity contribution in [3.63, 3.8) is 0 Å². The first-order valence-electron chi connectivity index (χ1n) is 7.78. The van der Waals surface area contributed by atoms with Gasteiger partial charge in [0, 0.05) is 25.5 Å². The summed E-state index contributed by atoms with van der Waals surface area (Å²) in [5.41, 5.74) is 0. The van der Waals surface area contributed by atoms with Crippen LogP contribution >= 0.6 is 0 Å². The van der Waals surface area contributed by atoms with Gasteiger partial charge in [0.15, 0.2) is 0 Å². The molecule has 2 aromatic rings. The topological polar surface area (TPSA) is 38.4 Å². The van der Waals surface area contributed by atoms with Crippen LogP contribution in [0.5, 0.6) is 0 Å². The van der Waals surface area contributed by atoms with Gasteiger partial charge in [0.25, 0.3) is 0 Å². The van der Waals surface area contributed by atoms with Crippen LogP contribution in [0.3, 0.4) is 0 Å². The van der Waals surface area contributed by atoms with Gasteiger partial charge in [-0.2, -0.15) is 0 Å². The van der Waals surface area contributed by atoms with E-state index in [0.717, 1.165) is 31.7 Å². The average Bonchev–Trinajstić information content (AvgIpc) is 3.14. The highest BCUT2D eigenvalue weighted by Gasteiger charge is 2.23. The molecule has 1 aliphatic heterocycles. The Morgan fingerprint density at radius 2 is 1.81 bits per heavy atom. The van der Waals surface area contributed by atoms with Crippen molar-refractivity contribution in [2.45, 2.75) is 38.1 Å². The van der Waals surface area contributed by atoms with E-state index in [2.05, 4.69) is 4.57 Å². The number of rotatable bonds is 4. The molecule has 0 bridgehead atoms. The average molecular weight is 286 g/mol. The van der Waals surface area contributed by atoms with E-state index < -0.39 is 0 Å². The zero-order valence-corrected chi connectivity index (χ0v) is 12.3. The lowest BCUT2D eigenvalue weighted by Gasteiger charge is -2.24. The molecule has 1 atom stereocenters. The molecule has 21 heavy (non-hydrogen) atoms. The van der Waals surface area contributed by atoms with Crippen molar-refractivity contribution in [2.75, 3.05) is 13.1 Å². The fourth-order valence-electron chi connectivity index (χ4n) is 3.00. The Balaban J connectivity index is 1.74. The van der Waals surface area contributed by atoms with Crippen LogP contribution in [0.25, 0.3) is 0 Å². The zero-order valence-electron chi connectivity index (χ0n) is 12.3. The predicted octanol–water partition coefficient (Wildman–Crippen LogP) is 3.46. The molecule has 2 aromatic heterocycles. The summed E-state index contributed by atoms with van der Waals surface area (Å²) in [6.07, 6.45) is 10.8. The van der Waals surface area contributed by atoms with Crippen LogP contribution in [0.15, 0.2) is 47.3 Å². The molecular weight excluding hydrogens is 264 g/mol. The Hall–Kier alpha value is -1.97.